The molecule has 0 radical (unpaired) electrons. The average Bonchev–Trinajstić information content (AvgIpc) is 2.57. The van der Waals surface area contributed by atoms with E-state index in [2.05, 4.69) is 4.89 Å². The van der Waals surface area contributed by atoms with Gasteiger partial charge in [0, 0.05) is 11.1 Å². The van der Waals surface area contributed by atoms with Crippen LogP contribution in [-0.4, -0.2) is 17.1 Å². The fourth-order valence-electron chi connectivity index (χ4n) is 2.84. The topological polar surface area (TPSA) is 66.8 Å². The third-order valence-electron chi connectivity index (χ3n) is 4.01. The van der Waals surface area contributed by atoms with Gasteiger partial charge in [0.05, 0.1) is 5.69 Å². The van der Waals surface area contributed by atoms with Crippen LogP contribution in [0.5, 0.6) is 0 Å². The molecule has 5 nitrogen and oxygen atoms in total. The van der Waals surface area contributed by atoms with Crippen LogP contribution in [0.15, 0.2) is 54.6 Å². The summed E-state index contributed by atoms with van der Waals surface area (Å²) in [7, 11) is 0. The maximum Gasteiger partial charge on any atom is 0.274 e. The molecule has 0 fully saturated rings. The SMILES string of the molecule is CCC1(OO)C(=O)N(c2ccccc2)C(=O)c2ccccc21. The molecule has 0 bridgehead atoms. The monoisotopic (exact) mass is 297 g/mol. The van der Waals surface area contributed by atoms with Crippen LogP contribution in [0, 0.1) is 0 Å². The van der Waals surface area contributed by atoms with Crippen LogP contribution in [-0.2, 0) is 15.3 Å². The van der Waals surface area contributed by atoms with Gasteiger partial charge in [0.15, 0.2) is 0 Å². The van der Waals surface area contributed by atoms with E-state index in [1.807, 2.05) is 0 Å². The number of rotatable bonds is 3. The van der Waals surface area contributed by atoms with Gasteiger partial charge in [0.1, 0.15) is 0 Å². The van der Waals surface area contributed by atoms with Gasteiger partial charge in [-0.3, -0.25) is 14.8 Å². The Morgan fingerprint density at radius 2 is 1.68 bits per heavy atom. The smallest absolute Gasteiger partial charge is 0.270 e. The van der Waals surface area contributed by atoms with Crippen molar-refractivity contribution in [3.8, 4) is 0 Å². The van der Waals surface area contributed by atoms with Gasteiger partial charge in [-0.25, -0.2) is 9.79 Å². The molecule has 2 amide bonds. The maximum atomic E-state index is 12.9. The molecule has 1 N–H and O–H groups in total. The van der Waals surface area contributed by atoms with Gasteiger partial charge in [0.25, 0.3) is 11.8 Å². The van der Waals surface area contributed by atoms with E-state index in [1.54, 1.807) is 61.5 Å². The van der Waals surface area contributed by atoms with Crippen molar-refractivity contribution in [1.29, 1.82) is 0 Å². The van der Waals surface area contributed by atoms with Gasteiger partial charge in [-0.15, -0.1) is 0 Å². The second-order valence-electron chi connectivity index (χ2n) is 5.10. The van der Waals surface area contributed by atoms with Crippen LogP contribution >= 0.6 is 0 Å². The molecule has 1 unspecified atom stereocenters. The number of carbonyl (C=O) groups excluding carboxylic acids is 2. The first-order valence-corrected chi connectivity index (χ1v) is 7.01. The molecule has 1 aliphatic rings. The predicted molar refractivity (Wildman–Crippen MR) is 80.4 cm³/mol. The number of amides is 2. The number of fused-ring (bicyclic) bond motifs is 1. The molecular weight excluding hydrogens is 282 g/mol. The normalized spacial score (nSPS) is 20.9. The molecular formula is C17H15NO4. The fraction of sp³-hybridized carbons (Fsp3) is 0.176. The molecule has 3 rings (SSSR count). The second-order valence-corrected chi connectivity index (χ2v) is 5.10. The Labute approximate surface area is 127 Å². The van der Waals surface area contributed by atoms with E-state index in [-0.39, 0.29) is 6.42 Å². The molecule has 0 spiro atoms. The lowest BCUT2D eigenvalue weighted by Gasteiger charge is -2.38. The summed E-state index contributed by atoms with van der Waals surface area (Å²) < 4.78 is 0. The summed E-state index contributed by atoms with van der Waals surface area (Å²) >= 11 is 0. The van der Waals surface area contributed by atoms with Crippen molar-refractivity contribution in [1.82, 2.24) is 0 Å². The lowest BCUT2D eigenvalue weighted by atomic mass is 9.82. The molecule has 0 saturated carbocycles. The number of para-hydroxylation sites is 1. The highest BCUT2D eigenvalue weighted by Gasteiger charge is 2.52. The Kier molecular flexibility index (Phi) is 3.52. The van der Waals surface area contributed by atoms with Crippen molar-refractivity contribution < 1.29 is 19.7 Å². The van der Waals surface area contributed by atoms with Gasteiger partial charge in [-0.2, -0.15) is 0 Å². The molecule has 0 aromatic heterocycles. The van der Waals surface area contributed by atoms with Gasteiger partial charge in [0.2, 0.25) is 5.60 Å². The van der Waals surface area contributed by atoms with Crippen LogP contribution in [0.25, 0.3) is 0 Å². The minimum absolute atomic E-state index is 0.204. The van der Waals surface area contributed by atoms with Crippen LogP contribution in [0.2, 0.25) is 0 Å². The van der Waals surface area contributed by atoms with E-state index < -0.39 is 17.4 Å². The van der Waals surface area contributed by atoms with E-state index in [0.29, 0.717) is 16.8 Å². The van der Waals surface area contributed by atoms with Crippen molar-refractivity contribution in [3.05, 3.63) is 65.7 Å². The van der Waals surface area contributed by atoms with E-state index in [4.69, 9.17) is 0 Å². The van der Waals surface area contributed by atoms with Crippen LogP contribution in [0.1, 0.15) is 29.3 Å². The average molecular weight is 297 g/mol. The quantitative estimate of drug-likeness (QED) is 0.537. The van der Waals surface area contributed by atoms with Gasteiger partial charge in [-0.1, -0.05) is 43.3 Å². The summed E-state index contributed by atoms with van der Waals surface area (Å²) in [6.07, 6.45) is 0.204. The van der Waals surface area contributed by atoms with Gasteiger partial charge >= 0.3 is 0 Å². The predicted octanol–water partition coefficient (Wildman–Crippen LogP) is 2.97. The Balaban J connectivity index is 2.25. The maximum absolute atomic E-state index is 12.9. The number of nitrogens with zero attached hydrogens (tertiary/aromatic N) is 1. The van der Waals surface area contributed by atoms with Crippen molar-refractivity contribution in [2.24, 2.45) is 0 Å². The molecule has 1 heterocycles. The van der Waals surface area contributed by atoms with Crippen molar-refractivity contribution in [2.75, 3.05) is 4.90 Å². The highest BCUT2D eigenvalue weighted by Crippen LogP contribution is 2.39. The third-order valence-corrected chi connectivity index (χ3v) is 4.01. The highest BCUT2D eigenvalue weighted by molar-refractivity contribution is 6.26. The molecule has 5 heteroatoms. The zero-order valence-corrected chi connectivity index (χ0v) is 12.0. The van der Waals surface area contributed by atoms with E-state index >= 15 is 0 Å². The molecule has 0 aliphatic carbocycles. The van der Waals surface area contributed by atoms with Crippen molar-refractivity contribution in [2.45, 2.75) is 18.9 Å². The number of benzene rings is 2. The first kappa shape index (κ1) is 14.4. The number of anilines is 1. The largest absolute Gasteiger partial charge is 0.274 e. The summed E-state index contributed by atoms with van der Waals surface area (Å²) in [5.74, 6) is -1.01. The summed E-state index contributed by atoms with van der Waals surface area (Å²) in [6.45, 7) is 1.73. The number of hydrogen-bond acceptors (Lipinski definition) is 4. The molecule has 0 saturated heterocycles. The highest BCUT2D eigenvalue weighted by atomic mass is 17.1. The minimum Gasteiger partial charge on any atom is -0.270 e. The second kappa shape index (κ2) is 5.36. The van der Waals surface area contributed by atoms with Crippen LogP contribution < -0.4 is 4.90 Å². The summed E-state index contributed by atoms with van der Waals surface area (Å²) in [4.78, 5) is 31.3. The molecule has 1 atom stereocenters. The fourth-order valence-corrected chi connectivity index (χ4v) is 2.84. The van der Waals surface area contributed by atoms with Gasteiger partial charge < -0.3 is 0 Å². The molecule has 22 heavy (non-hydrogen) atoms. The van der Waals surface area contributed by atoms with E-state index in [0.717, 1.165) is 4.90 Å². The lowest BCUT2D eigenvalue weighted by molar-refractivity contribution is -0.317. The molecule has 1 aliphatic heterocycles. The minimum atomic E-state index is -1.57. The summed E-state index contributed by atoms with van der Waals surface area (Å²) in [6, 6.07) is 15.3. The Bertz CT molecular complexity index is 722. The van der Waals surface area contributed by atoms with E-state index in [1.165, 1.54) is 0 Å². The summed E-state index contributed by atoms with van der Waals surface area (Å²) in [5.41, 5.74) is -0.383. The zero-order chi connectivity index (χ0) is 15.7. The first-order chi connectivity index (χ1) is 10.7. The molecule has 2 aromatic carbocycles. The van der Waals surface area contributed by atoms with Crippen LogP contribution in [0.3, 0.4) is 0 Å². The number of hydrogen-bond donors (Lipinski definition) is 1. The standard InChI is InChI=1S/C17H15NO4/c1-2-17(22-21)14-11-7-6-10-13(14)15(19)18(16(17)20)12-8-4-3-5-9-12/h3-11,21H,2H2,1H3. The molecule has 112 valence electrons. The Hall–Kier alpha value is -2.50. The third kappa shape index (κ3) is 1.87. The number of imide groups is 1. The number of carbonyl (C=O) groups is 2. The summed E-state index contributed by atoms with van der Waals surface area (Å²) in [5, 5.41) is 9.45. The van der Waals surface area contributed by atoms with Gasteiger partial charge in [-0.05, 0) is 24.6 Å². The van der Waals surface area contributed by atoms with Crippen LogP contribution in [0.4, 0.5) is 5.69 Å². The molecule has 2 aromatic rings. The van der Waals surface area contributed by atoms with Crippen molar-refractivity contribution >= 4 is 17.5 Å². The first-order valence-electron chi connectivity index (χ1n) is 7.01. The zero-order valence-electron chi connectivity index (χ0n) is 12.0. The lowest BCUT2D eigenvalue weighted by Crippen LogP contribution is -2.55. The Morgan fingerprint density at radius 1 is 1.05 bits per heavy atom. The Morgan fingerprint density at radius 3 is 2.32 bits per heavy atom. The van der Waals surface area contributed by atoms with Crippen molar-refractivity contribution in [3.63, 3.8) is 0 Å². The van der Waals surface area contributed by atoms with E-state index in [9.17, 15) is 14.8 Å².